The Bertz CT molecular complexity index is 421. The molecule has 2 N–H and O–H groups in total. The van der Waals surface area contributed by atoms with Crippen LogP contribution in [0.15, 0.2) is 24.3 Å². The van der Waals surface area contributed by atoms with Crippen LogP contribution >= 0.6 is 0 Å². The summed E-state index contributed by atoms with van der Waals surface area (Å²) >= 11 is 0. The van der Waals surface area contributed by atoms with E-state index in [1.54, 1.807) is 0 Å². The Balaban J connectivity index is 1.81. The van der Waals surface area contributed by atoms with Gasteiger partial charge in [-0.1, -0.05) is 12.1 Å². The molecule has 0 aromatic heterocycles. The molecule has 18 heavy (non-hydrogen) atoms. The van der Waals surface area contributed by atoms with Crippen LogP contribution in [-0.2, 0) is 4.79 Å². The van der Waals surface area contributed by atoms with E-state index in [0.717, 1.165) is 11.5 Å². The number of carbonyl (C=O) groups is 1. The number of fused-ring (bicyclic) bond motifs is 1. The van der Waals surface area contributed by atoms with Gasteiger partial charge in [0.05, 0.1) is 6.04 Å². The monoisotopic (exact) mass is 251 g/mol. The summed E-state index contributed by atoms with van der Waals surface area (Å²) in [6.07, 6.45) is -0.00596. The lowest BCUT2D eigenvalue weighted by Gasteiger charge is -2.26. The minimum atomic E-state index is -1.02. The second kappa shape index (κ2) is 5.73. The molecule has 0 fully saturated rings. The molecule has 1 aliphatic rings. The Morgan fingerprint density at radius 2 is 2.22 bits per heavy atom. The number of para-hydroxylation sites is 2. The van der Waals surface area contributed by atoms with Gasteiger partial charge in [-0.2, -0.15) is 0 Å². The van der Waals surface area contributed by atoms with Crippen LogP contribution < -0.4 is 19.9 Å². The number of hydrogen-bond donors (Lipinski definition) is 1. The molecule has 1 aromatic carbocycles. The number of carbonyl (C=O) groups excluding carboxylic acids is 1. The number of hydrogen-bond acceptors (Lipinski definition) is 4. The molecular formula is C13H17NO4. The summed E-state index contributed by atoms with van der Waals surface area (Å²) in [6, 6.07) is 7.51. The van der Waals surface area contributed by atoms with E-state index in [1.165, 1.54) is 0 Å². The van der Waals surface area contributed by atoms with Gasteiger partial charge in [-0.25, -0.2) is 0 Å². The normalized spacial score (nSPS) is 19.3. The van der Waals surface area contributed by atoms with Gasteiger partial charge in [-0.3, -0.25) is 0 Å². The van der Waals surface area contributed by atoms with Crippen molar-refractivity contribution in [2.24, 2.45) is 0 Å². The summed E-state index contributed by atoms with van der Waals surface area (Å²) in [6.45, 7) is 3.02. The van der Waals surface area contributed by atoms with Crippen LogP contribution in [0.25, 0.3) is 0 Å². The number of benzene rings is 1. The van der Waals surface area contributed by atoms with Crippen molar-refractivity contribution in [2.75, 3.05) is 13.2 Å². The first-order valence-electron chi connectivity index (χ1n) is 6.07. The van der Waals surface area contributed by atoms with Crippen molar-refractivity contribution in [3.8, 4) is 11.5 Å². The summed E-state index contributed by atoms with van der Waals surface area (Å²) in [5.74, 6) is 0.483. The van der Waals surface area contributed by atoms with E-state index in [2.05, 4.69) is 0 Å². The van der Waals surface area contributed by atoms with Crippen molar-refractivity contribution in [1.29, 1.82) is 0 Å². The average Bonchev–Trinajstić information content (AvgIpc) is 2.35. The quantitative estimate of drug-likeness (QED) is 0.722. The molecule has 0 saturated heterocycles. The zero-order valence-corrected chi connectivity index (χ0v) is 10.3. The fourth-order valence-electron chi connectivity index (χ4n) is 1.91. The van der Waals surface area contributed by atoms with Crippen LogP contribution in [-0.4, -0.2) is 31.3 Å². The molecule has 98 valence electrons. The standard InChI is InChI=1S/C13H17NO4/c1-9(6-13(15)16)14-7-10-8-17-11-4-2-3-5-12(11)18-10/h2-5,9-10,14H,6-8H2,1H3,(H,15,16)/t9-,10-/m1/s1. The number of carboxylic acid groups (broad SMARTS) is 1. The molecule has 5 nitrogen and oxygen atoms in total. The summed E-state index contributed by atoms with van der Waals surface area (Å²) < 4.78 is 11.3. The lowest BCUT2D eigenvalue weighted by Crippen LogP contribution is -2.92. The molecule has 2 atom stereocenters. The van der Waals surface area contributed by atoms with E-state index in [9.17, 15) is 9.90 Å². The van der Waals surface area contributed by atoms with E-state index in [4.69, 9.17) is 9.47 Å². The Morgan fingerprint density at radius 3 is 2.94 bits per heavy atom. The molecule has 1 heterocycles. The number of nitrogens with two attached hydrogens (primary N) is 1. The Labute approximate surface area is 106 Å². The molecule has 1 aliphatic heterocycles. The highest BCUT2D eigenvalue weighted by Crippen LogP contribution is 2.30. The van der Waals surface area contributed by atoms with Crippen LogP contribution in [0.4, 0.5) is 0 Å². The topological polar surface area (TPSA) is 75.2 Å². The van der Waals surface area contributed by atoms with Crippen molar-refractivity contribution >= 4 is 5.97 Å². The van der Waals surface area contributed by atoms with Crippen molar-refractivity contribution in [3.05, 3.63) is 24.3 Å². The first-order chi connectivity index (χ1) is 8.65. The molecule has 0 bridgehead atoms. The molecule has 0 unspecified atom stereocenters. The lowest BCUT2D eigenvalue weighted by atomic mass is 10.2. The predicted octanol–water partition coefficient (Wildman–Crippen LogP) is -1.08. The van der Waals surface area contributed by atoms with Gasteiger partial charge in [-0.15, -0.1) is 0 Å². The SMILES string of the molecule is C[C@H](CC(=O)[O-])[NH2+]C[C@@H]1COc2ccccc2O1. The third-order valence-corrected chi connectivity index (χ3v) is 2.86. The number of rotatable bonds is 5. The second-order valence-corrected chi connectivity index (χ2v) is 4.52. The van der Waals surface area contributed by atoms with Crippen LogP contribution in [0, 0.1) is 0 Å². The zero-order valence-electron chi connectivity index (χ0n) is 10.3. The summed E-state index contributed by atoms with van der Waals surface area (Å²) in [5.41, 5.74) is 0. The summed E-state index contributed by atoms with van der Waals surface area (Å²) in [5, 5.41) is 12.4. The van der Waals surface area contributed by atoms with E-state index in [-0.39, 0.29) is 18.6 Å². The Kier molecular flexibility index (Phi) is 4.04. The van der Waals surface area contributed by atoms with Crippen molar-refractivity contribution in [2.45, 2.75) is 25.5 Å². The zero-order chi connectivity index (χ0) is 13.0. The number of carboxylic acids is 1. The minimum Gasteiger partial charge on any atom is -0.550 e. The van der Waals surface area contributed by atoms with Gasteiger partial charge in [0.25, 0.3) is 0 Å². The molecule has 1 aromatic rings. The highest BCUT2D eigenvalue weighted by Gasteiger charge is 2.22. The third-order valence-electron chi connectivity index (χ3n) is 2.86. The van der Waals surface area contributed by atoms with Crippen LogP contribution in [0.3, 0.4) is 0 Å². The highest BCUT2D eigenvalue weighted by atomic mass is 16.6. The molecule has 2 rings (SSSR count). The largest absolute Gasteiger partial charge is 0.550 e. The second-order valence-electron chi connectivity index (χ2n) is 4.52. The van der Waals surface area contributed by atoms with E-state index < -0.39 is 5.97 Å². The molecule has 0 aliphatic carbocycles. The van der Waals surface area contributed by atoms with Crippen LogP contribution in [0.1, 0.15) is 13.3 Å². The highest BCUT2D eigenvalue weighted by molar-refractivity contribution is 5.64. The van der Waals surface area contributed by atoms with E-state index >= 15 is 0 Å². The number of aliphatic carboxylic acids is 1. The van der Waals surface area contributed by atoms with Gasteiger partial charge in [-0.05, 0) is 19.1 Å². The first kappa shape index (κ1) is 12.7. The maximum absolute atomic E-state index is 10.4. The molecule has 0 radical (unpaired) electrons. The summed E-state index contributed by atoms with van der Waals surface area (Å²) in [4.78, 5) is 10.4. The molecule has 5 heteroatoms. The number of quaternary nitrogens is 1. The van der Waals surface area contributed by atoms with Gasteiger partial charge >= 0.3 is 0 Å². The van der Waals surface area contributed by atoms with Crippen molar-refractivity contribution in [1.82, 2.24) is 0 Å². The maximum Gasteiger partial charge on any atom is 0.181 e. The fraction of sp³-hybridized carbons (Fsp3) is 0.462. The fourth-order valence-corrected chi connectivity index (χ4v) is 1.91. The molecular weight excluding hydrogens is 234 g/mol. The van der Waals surface area contributed by atoms with Crippen LogP contribution in [0.2, 0.25) is 0 Å². The first-order valence-corrected chi connectivity index (χ1v) is 6.07. The average molecular weight is 251 g/mol. The van der Waals surface area contributed by atoms with Gasteiger partial charge in [0.15, 0.2) is 17.6 Å². The number of ether oxygens (including phenoxy) is 2. The smallest absolute Gasteiger partial charge is 0.181 e. The van der Waals surface area contributed by atoms with Gasteiger partial charge in [0, 0.05) is 12.4 Å². The predicted molar refractivity (Wildman–Crippen MR) is 62.2 cm³/mol. The van der Waals surface area contributed by atoms with Gasteiger partial charge in [0.1, 0.15) is 13.2 Å². The molecule has 0 spiro atoms. The molecule has 0 amide bonds. The summed E-state index contributed by atoms with van der Waals surface area (Å²) in [7, 11) is 0. The maximum atomic E-state index is 10.4. The molecule has 0 saturated carbocycles. The van der Waals surface area contributed by atoms with E-state index in [1.807, 2.05) is 36.5 Å². The minimum absolute atomic E-state index is 0.0178. The van der Waals surface area contributed by atoms with E-state index in [0.29, 0.717) is 13.2 Å². The van der Waals surface area contributed by atoms with Gasteiger partial charge < -0.3 is 24.7 Å². The lowest BCUT2D eigenvalue weighted by molar-refractivity contribution is -0.690. The Hall–Kier alpha value is -1.75. The van der Waals surface area contributed by atoms with Gasteiger partial charge in [0.2, 0.25) is 0 Å². The Morgan fingerprint density at radius 1 is 1.50 bits per heavy atom. The third kappa shape index (κ3) is 3.37. The van der Waals surface area contributed by atoms with Crippen LogP contribution in [0.5, 0.6) is 11.5 Å². The van der Waals surface area contributed by atoms with Crippen molar-refractivity contribution in [3.63, 3.8) is 0 Å². The van der Waals surface area contributed by atoms with Crippen molar-refractivity contribution < 1.29 is 24.7 Å².